The molecule has 3 heteroatoms. The summed E-state index contributed by atoms with van der Waals surface area (Å²) >= 11 is 0. The maximum Gasteiger partial charge on any atom is 0.225 e. The summed E-state index contributed by atoms with van der Waals surface area (Å²) in [6, 6.07) is 0. The average Bonchev–Trinajstić information content (AvgIpc) is 2.34. The molecule has 100 valence electrons. The summed E-state index contributed by atoms with van der Waals surface area (Å²) in [5, 5.41) is 9.60. The molecule has 1 saturated heterocycles. The van der Waals surface area contributed by atoms with Crippen LogP contribution in [0, 0.1) is 5.92 Å². The van der Waals surface area contributed by atoms with Gasteiger partial charge in [-0.1, -0.05) is 33.1 Å². The van der Waals surface area contributed by atoms with Gasteiger partial charge in [0.05, 0.1) is 6.10 Å². The molecule has 0 saturated carbocycles. The van der Waals surface area contributed by atoms with Crippen LogP contribution in [-0.2, 0) is 4.79 Å². The highest BCUT2D eigenvalue weighted by Crippen LogP contribution is 2.19. The van der Waals surface area contributed by atoms with Gasteiger partial charge in [0.1, 0.15) is 0 Å². The van der Waals surface area contributed by atoms with Crippen molar-refractivity contribution in [1.29, 1.82) is 0 Å². The first-order valence-corrected chi connectivity index (χ1v) is 7.15. The third-order valence-electron chi connectivity index (χ3n) is 3.71. The van der Waals surface area contributed by atoms with Crippen LogP contribution >= 0.6 is 0 Å². The van der Waals surface area contributed by atoms with E-state index in [1.807, 2.05) is 4.90 Å². The highest BCUT2D eigenvalue weighted by molar-refractivity contribution is 5.78. The van der Waals surface area contributed by atoms with E-state index in [0.717, 1.165) is 38.6 Å². The van der Waals surface area contributed by atoms with Gasteiger partial charge in [0.2, 0.25) is 5.91 Å². The molecule has 0 radical (unpaired) electrons. The van der Waals surface area contributed by atoms with Crippen molar-refractivity contribution >= 4 is 5.91 Å². The van der Waals surface area contributed by atoms with Gasteiger partial charge in [-0.2, -0.15) is 0 Å². The molecule has 1 rings (SSSR count). The second-order valence-corrected chi connectivity index (χ2v) is 5.18. The van der Waals surface area contributed by atoms with E-state index in [4.69, 9.17) is 0 Å². The Morgan fingerprint density at radius 3 is 2.76 bits per heavy atom. The Labute approximate surface area is 105 Å². The van der Waals surface area contributed by atoms with Crippen LogP contribution in [0.5, 0.6) is 0 Å². The van der Waals surface area contributed by atoms with E-state index in [2.05, 4.69) is 13.8 Å². The summed E-state index contributed by atoms with van der Waals surface area (Å²) in [7, 11) is 0. The number of nitrogens with zero attached hydrogens (tertiary/aromatic N) is 1. The highest BCUT2D eigenvalue weighted by Gasteiger charge is 2.26. The molecule has 1 amide bonds. The molecule has 0 spiro atoms. The number of aliphatic hydroxyl groups excluding tert-OH is 1. The number of carbonyl (C=O) groups is 1. The number of amides is 1. The lowest BCUT2D eigenvalue weighted by Crippen LogP contribution is -2.44. The minimum atomic E-state index is -0.305. The quantitative estimate of drug-likeness (QED) is 0.726. The minimum Gasteiger partial charge on any atom is -0.391 e. The number of unbranched alkanes of at least 4 members (excludes halogenated alkanes) is 2. The number of piperidine rings is 1. The van der Waals surface area contributed by atoms with Gasteiger partial charge in [-0.15, -0.1) is 0 Å². The molecule has 1 heterocycles. The van der Waals surface area contributed by atoms with Gasteiger partial charge in [0.25, 0.3) is 0 Å². The SMILES string of the molecule is CCCCCC(CC)C(=O)N1CCCC(O)C1. The molecule has 17 heavy (non-hydrogen) atoms. The van der Waals surface area contributed by atoms with Crippen LogP contribution in [0.4, 0.5) is 0 Å². The zero-order valence-electron chi connectivity index (χ0n) is 11.3. The molecule has 3 nitrogen and oxygen atoms in total. The Morgan fingerprint density at radius 2 is 2.18 bits per heavy atom. The number of hydrogen-bond donors (Lipinski definition) is 1. The van der Waals surface area contributed by atoms with E-state index in [1.165, 1.54) is 12.8 Å². The molecular weight excluding hydrogens is 214 g/mol. The molecule has 2 unspecified atom stereocenters. The van der Waals surface area contributed by atoms with Crippen molar-refractivity contribution < 1.29 is 9.90 Å². The van der Waals surface area contributed by atoms with Gasteiger partial charge in [-0.25, -0.2) is 0 Å². The molecule has 1 aliphatic heterocycles. The maximum atomic E-state index is 12.3. The number of β-amino-alcohol motifs (C(OH)–C–C–N with tert-alkyl or cyclic N) is 1. The summed E-state index contributed by atoms with van der Waals surface area (Å²) in [6.07, 6.45) is 6.98. The second-order valence-electron chi connectivity index (χ2n) is 5.18. The fourth-order valence-corrected chi connectivity index (χ4v) is 2.56. The number of rotatable bonds is 6. The number of hydrogen-bond acceptors (Lipinski definition) is 2. The summed E-state index contributed by atoms with van der Waals surface area (Å²) < 4.78 is 0. The second kappa shape index (κ2) is 7.70. The van der Waals surface area contributed by atoms with Crippen molar-refractivity contribution in [2.75, 3.05) is 13.1 Å². The van der Waals surface area contributed by atoms with E-state index < -0.39 is 0 Å². The molecule has 1 aliphatic rings. The fraction of sp³-hybridized carbons (Fsp3) is 0.929. The van der Waals surface area contributed by atoms with Gasteiger partial charge in [0, 0.05) is 19.0 Å². The van der Waals surface area contributed by atoms with Gasteiger partial charge < -0.3 is 10.0 Å². The van der Waals surface area contributed by atoms with E-state index in [1.54, 1.807) is 0 Å². The van der Waals surface area contributed by atoms with Gasteiger partial charge in [-0.05, 0) is 25.7 Å². The fourth-order valence-electron chi connectivity index (χ4n) is 2.56. The Balaban J connectivity index is 2.41. The Kier molecular flexibility index (Phi) is 6.56. The minimum absolute atomic E-state index is 0.173. The molecule has 1 fully saturated rings. The smallest absolute Gasteiger partial charge is 0.225 e. The third kappa shape index (κ3) is 4.66. The standard InChI is InChI=1S/C14H27NO2/c1-3-5-6-8-12(4-2)14(17)15-10-7-9-13(16)11-15/h12-13,16H,3-11H2,1-2H3. The van der Waals surface area contributed by atoms with Gasteiger partial charge in [0.15, 0.2) is 0 Å². The first-order chi connectivity index (χ1) is 8.19. The lowest BCUT2D eigenvalue weighted by Gasteiger charge is -2.32. The zero-order chi connectivity index (χ0) is 12.7. The monoisotopic (exact) mass is 241 g/mol. The van der Waals surface area contributed by atoms with Crippen LogP contribution in [-0.4, -0.2) is 35.1 Å². The molecule has 0 aromatic heterocycles. The average molecular weight is 241 g/mol. The van der Waals surface area contributed by atoms with Crippen LogP contribution < -0.4 is 0 Å². The molecule has 0 aliphatic carbocycles. The molecular formula is C14H27NO2. The van der Waals surface area contributed by atoms with Crippen LogP contribution in [0.2, 0.25) is 0 Å². The molecule has 0 bridgehead atoms. The predicted molar refractivity (Wildman–Crippen MR) is 69.7 cm³/mol. The van der Waals surface area contributed by atoms with E-state index in [-0.39, 0.29) is 17.9 Å². The molecule has 0 aromatic rings. The Morgan fingerprint density at radius 1 is 1.41 bits per heavy atom. The van der Waals surface area contributed by atoms with Crippen LogP contribution in [0.3, 0.4) is 0 Å². The summed E-state index contributed by atoms with van der Waals surface area (Å²) in [4.78, 5) is 14.2. The molecule has 1 N–H and O–H groups in total. The number of carbonyl (C=O) groups excluding carboxylic acids is 1. The van der Waals surface area contributed by atoms with Crippen LogP contribution in [0.25, 0.3) is 0 Å². The van der Waals surface area contributed by atoms with Crippen molar-refractivity contribution in [2.45, 2.75) is 64.9 Å². The van der Waals surface area contributed by atoms with Crippen LogP contribution in [0.1, 0.15) is 58.8 Å². The topological polar surface area (TPSA) is 40.5 Å². The van der Waals surface area contributed by atoms with Crippen molar-refractivity contribution in [1.82, 2.24) is 4.90 Å². The van der Waals surface area contributed by atoms with Gasteiger partial charge >= 0.3 is 0 Å². The van der Waals surface area contributed by atoms with E-state index in [0.29, 0.717) is 6.54 Å². The van der Waals surface area contributed by atoms with Crippen molar-refractivity contribution in [3.05, 3.63) is 0 Å². The lowest BCUT2D eigenvalue weighted by atomic mass is 9.96. The van der Waals surface area contributed by atoms with Crippen molar-refractivity contribution in [3.63, 3.8) is 0 Å². The summed E-state index contributed by atoms with van der Waals surface area (Å²) in [5.41, 5.74) is 0. The normalized spacial score (nSPS) is 22.5. The lowest BCUT2D eigenvalue weighted by molar-refractivity contribution is -0.139. The van der Waals surface area contributed by atoms with Crippen molar-refractivity contribution in [3.8, 4) is 0 Å². The summed E-state index contributed by atoms with van der Waals surface area (Å²) in [6.45, 7) is 5.65. The largest absolute Gasteiger partial charge is 0.391 e. The first-order valence-electron chi connectivity index (χ1n) is 7.15. The number of likely N-dealkylation sites (tertiary alicyclic amines) is 1. The predicted octanol–water partition coefficient (Wildman–Crippen LogP) is 2.58. The zero-order valence-corrected chi connectivity index (χ0v) is 11.3. The Bertz CT molecular complexity index is 230. The molecule has 0 aromatic carbocycles. The van der Waals surface area contributed by atoms with E-state index >= 15 is 0 Å². The molecule has 2 atom stereocenters. The van der Waals surface area contributed by atoms with E-state index in [9.17, 15) is 9.90 Å². The van der Waals surface area contributed by atoms with Crippen LogP contribution in [0.15, 0.2) is 0 Å². The first kappa shape index (κ1) is 14.5. The highest BCUT2D eigenvalue weighted by atomic mass is 16.3. The summed E-state index contributed by atoms with van der Waals surface area (Å²) in [5.74, 6) is 0.439. The maximum absolute atomic E-state index is 12.3. The third-order valence-corrected chi connectivity index (χ3v) is 3.71. The Hall–Kier alpha value is -0.570. The number of aliphatic hydroxyl groups is 1. The van der Waals surface area contributed by atoms with Crippen molar-refractivity contribution in [2.24, 2.45) is 5.92 Å². The van der Waals surface area contributed by atoms with Gasteiger partial charge in [-0.3, -0.25) is 4.79 Å².